The van der Waals surface area contributed by atoms with Crippen molar-refractivity contribution in [3.05, 3.63) is 59.2 Å². The minimum atomic E-state index is -3.63. The summed E-state index contributed by atoms with van der Waals surface area (Å²) in [6, 6.07) is 12.4. The van der Waals surface area contributed by atoms with Crippen LogP contribution in [0, 0.1) is 6.92 Å². The number of hydrogen-bond donors (Lipinski definition) is 1. The Morgan fingerprint density at radius 1 is 1.19 bits per heavy atom. The molecule has 0 fully saturated rings. The standard InChI is InChI=1S/C19H21NO4S2/c1-3-10-23-17-9-7-16(12-14(17)2)26(21,22)20-13-15-6-8-18(24-15)19-5-4-11-25-19/h4-9,11-12,20H,3,10,13H2,1-2H3. The fraction of sp³-hybridized carbons (Fsp3) is 0.263. The maximum absolute atomic E-state index is 12.5. The summed E-state index contributed by atoms with van der Waals surface area (Å²) in [4.78, 5) is 1.22. The molecule has 2 heterocycles. The zero-order valence-corrected chi connectivity index (χ0v) is 16.3. The first-order valence-electron chi connectivity index (χ1n) is 8.35. The summed E-state index contributed by atoms with van der Waals surface area (Å²) in [6.07, 6.45) is 0.900. The van der Waals surface area contributed by atoms with Gasteiger partial charge in [-0.2, -0.15) is 0 Å². The zero-order valence-electron chi connectivity index (χ0n) is 14.7. The Morgan fingerprint density at radius 3 is 2.73 bits per heavy atom. The molecule has 0 aliphatic carbocycles. The van der Waals surface area contributed by atoms with E-state index in [9.17, 15) is 8.42 Å². The highest BCUT2D eigenvalue weighted by atomic mass is 32.2. The number of sulfonamides is 1. The minimum absolute atomic E-state index is 0.0981. The minimum Gasteiger partial charge on any atom is -0.493 e. The van der Waals surface area contributed by atoms with Gasteiger partial charge in [-0.3, -0.25) is 0 Å². The first kappa shape index (κ1) is 18.7. The summed E-state index contributed by atoms with van der Waals surface area (Å²) < 4.78 is 38.9. The van der Waals surface area contributed by atoms with Crippen molar-refractivity contribution in [3.8, 4) is 16.4 Å². The fourth-order valence-electron chi connectivity index (χ4n) is 2.44. The van der Waals surface area contributed by atoms with Gasteiger partial charge in [0.15, 0.2) is 0 Å². The van der Waals surface area contributed by atoms with E-state index in [-0.39, 0.29) is 11.4 Å². The maximum Gasteiger partial charge on any atom is 0.240 e. The molecule has 0 bridgehead atoms. The Kier molecular flexibility index (Phi) is 5.80. The van der Waals surface area contributed by atoms with Crippen molar-refractivity contribution in [1.82, 2.24) is 4.72 Å². The lowest BCUT2D eigenvalue weighted by Crippen LogP contribution is -2.23. The maximum atomic E-state index is 12.5. The van der Waals surface area contributed by atoms with Gasteiger partial charge in [0.05, 0.1) is 22.9 Å². The lowest BCUT2D eigenvalue weighted by molar-refractivity contribution is 0.315. The first-order chi connectivity index (χ1) is 12.5. The molecule has 0 saturated heterocycles. The van der Waals surface area contributed by atoms with Gasteiger partial charge in [-0.1, -0.05) is 13.0 Å². The molecule has 0 unspecified atom stereocenters. The fourth-order valence-corrected chi connectivity index (χ4v) is 4.20. The second kappa shape index (κ2) is 8.07. The number of benzene rings is 1. The summed E-state index contributed by atoms with van der Waals surface area (Å²) in [7, 11) is -3.63. The highest BCUT2D eigenvalue weighted by molar-refractivity contribution is 7.89. The average Bonchev–Trinajstić information content (AvgIpc) is 3.30. The number of rotatable bonds is 8. The number of ether oxygens (including phenoxy) is 1. The molecule has 3 rings (SSSR count). The van der Waals surface area contributed by atoms with Gasteiger partial charge in [-0.05, 0) is 60.7 Å². The number of thiophene rings is 1. The zero-order chi connectivity index (χ0) is 18.6. The third kappa shape index (κ3) is 4.35. The second-order valence-electron chi connectivity index (χ2n) is 5.84. The van der Waals surface area contributed by atoms with Gasteiger partial charge in [0.2, 0.25) is 10.0 Å². The SMILES string of the molecule is CCCOc1ccc(S(=O)(=O)NCc2ccc(-c3cccs3)o2)cc1C. The molecule has 0 amide bonds. The Bertz CT molecular complexity index is 959. The van der Waals surface area contributed by atoms with E-state index in [1.54, 1.807) is 35.6 Å². The number of nitrogens with one attached hydrogen (secondary N) is 1. The molecule has 1 N–H and O–H groups in total. The van der Waals surface area contributed by atoms with Crippen LogP contribution in [0.25, 0.3) is 10.6 Å². The second-order valence-corrected chi connectivity index (χ2v) is 8.56. The van der Waals surface area contributed by atoms with Crippen LogP contribution in [0.2, 0.25) is 0 Å². The van der Waals surface area contributed by atoms with Gasteiger partial charge < -0.3 is 9.15 Å². The van der Waals surface area contributed by atoms with Gasteiger partial charge in [-0.25, -0.2) is 13.1 Å². The van der Waals surface area contributed by atoms with Crippen molar-refractivity contribution in [1.29, 1.82) is 0 Å². The smallest absolute Gasteiger partial charge is 0.240 e. The number of hydrogen-bond acceptors (Lipinski definition) is 5. The molecule has 2 aromatic heterocycles. The van der Waals surface area contributed by atoms with E-state index in [0.29, 0.717) is 18.1 Å². The molecule has 0 atom stereocenters. The molecule has 3 aromatic rings. The summed E-state index contributed by atoms with van der Waals surface area (Å²) in [5, 5.41) is 1.97. The highest BCUT2D eigenvalue weighted by Crippen LogP contribution is 2.27. The molecule has 7 heteroatoms. The molecule has 0 radical (unpaired) electrons. The van der Waals surface area contributed by atoms with Crippen LogP contribution in [0.3, 0.4) is 0 Å². The Labute approximate surface area is 157 Å². The summed E-state index contributed by atoms with van der Waals surface area (Å²) >= 11 is 1.57. The van der Waals surface area contributed by atoms with E-state index in [1.165, 1.54) is 0 Å². The van der Waals surface area contributed by atoms with Crippen molar-refractivity contribution in [2.24, 2.45) is 0 Å². The molecule has 0 aliphatic heterocycles. The van der Waals surface area contributed by atoms with Gasteiger partial charge in [0.1, 0.15) is 17.3 Å². The predicted octanol–water partition coefficient (Wildman–Crippen LogP) is 4.58. The Hall–Kier alpha value is -2.09. The van der Waals surface area contributed by atoms with E-state index < -0.39 is 10.0 Å². The molecule has 138 valence electrons. The van der Waals surface area contributed by atoms with Crippen molar-refractivity contribution in [2.75, 3.05) is 6.61 Å². The highest BCUT2D eigenvalue weighted by Gasteiger charge is 2.16. The van der Waals surface area contributed by atoms with E-state index in [1.807, 2.05) is 37.4 Å². The average molecular weight is 392 g/mol. The molecule has 26 heavy (non-hydrogen) atoms. The molecule has 0 aliphatic rings. The van der Waals surface area contributed by atoms with Crippen LogP contribution in [-0.2, 0) is 16.6 Å². The summed E-state index contributed by atoms with van der Waals surface area (Å²) in [6.45, 7) is 4.57. The van der Waals surface area contributed by atoms with Gasteiger partial charge in [0.25, 0.3) is 0 Å². The number of aryl methyl sites for hydroxylation is 1. The van der Waals surface area contributed by atoms with Crippen molar-refractivity contribution in [3.63, 3.8) is 0 Å². The van der Waals surface area contributed by atoms with E-state index in [0.717, 1.165) is 22.6 Å². The molecular formula is C19H21NO4S2. The van der Waals surface area contributed by atoms with Crippen LogP contribution in [0.4, 0.5) is 0 Å². The van der Waals surface area contributed by atoms with Crippen molar-refractivity contribution < 1.29 is 17.6 Å². The van der Waals surface area contributed by atoms with Crippen molar-refractivity contribution >= 4 is 21.4 Å². The van der Waals surface area contributed by atoms with Gasteiger partial charge in [-0.15, -0.1) is 11.3 Å². The summed E-state index contributed by atoms with van der Waals surface area (Å²) in [5.74, 6) is 2.01. The third-order valence-corrected chi connectivity index (χ3v) is 6.06. The van der Waals surface area contributed by atoms with Crippen LogP contribution < -0.4 is 9.46 Å². The van der Waals surface area contributed by atoms with E-state index >= 15 is 0 Å². The molecule has 0 saturated carbocycles. The quantitative estimate of drug-likeness (QED) is 0.610. The normalized spacial score (nSPS) is 11.6. The van der Waals surface area contributed by atoms with Gasteiger partial charge >= 0.3 is 0 Å². The molecule has 5 nitrogen and oxygen atoms in total. The third-order valence-electron chi connectivity index (χ3n) is 3.78. The van der Waals surface area contributed by atoms with Gasteiger partial charge in [0, 0.05) is 0 Å². The number of furan rings is 1. The molecule has 0 spiro atoms. The monoisotopic (exact) mass is 391 g/mol. The van der Waals surface area contributed by atoms with E-state index in [4.69, 9.17) is 9.15 Å². The van der Waals surface area contributed by atoms with Crippen LogP contribution in [0.15, 0.2) is 57.2 Å². The predicted molar refractivity (Wildman–Crippen MR) is 103 cm³/mol. The van der Waals surface area contributed by atoms with E-state index in [2.05, 4.69) is 4.72 Å². The molecular weight excluding hydrogens is 370 g/mol. The van der Waals surface area contributed by atoms with Crippen LogP contribution >= 0.6 is 11.3 Å². The lowest BCUT2D eigenvalue weighted by Gasteiger charge is -2.11. The van der Waals surface area contributed by atoms with Crippen LogP contribution in [0.1, 0.15) is 24.7 Å². The van der Waals surface area contributed by atoms with Crippen LogP contribution in [0.5, 0.6) is 5.75 Å². The molecule has 1 aromatic carbocycles. The largest absolute Gasteiger partial charge is 0.493 e. The van der Waals surface area contributed by atoms with Crippen molar-refractivity contribution in [2.45, 2.75) is 31.7 Å². The summed E-state index contributed by atoms with van der Waals surface area (Å²) in [5.41, 5.74) is 0.791. The Morgan fingerprint density at radius 2 is 2.04 bits per heavy atom. The Balaban J connectivity index is 1.68. The topological polar surface area (TPSA) is 68.5 Å². The first-order valence-corrected chi connectivity index (χ1v) is 10.7. The lowest BCUT2D eigenvalue weighted by atomic mass is 10.2. The van der Waals surface area contributed by atoms with Crippen LogP contribution in [-0.4, -0.2) is 15.0 Å².